The van der Waals surface area contributed by atoms with E-state index in [-0.39, 0.29) is 11.5 Å². The van der Waals surface area contributed by atoms with Crippen LogP contribution in [0.5, 0.6) is 5.75 Å². The highest BCUT2D eigenvalue weighted by atomic mass is 16.5. The molecule has 0 amide bonds. The molecule has 8 heteroatoms. The zero-order valence-corrected chi connectivity index (χ0v) is 11.6. The summed E-state index contributed by atoms with van der Waals surface area (Å²) in [7, 11) is 0. The van der Waals surface area contributed by atoms with E-state index >= 15 is 0 Å². The van der Waals surface area contributed by atoms with Crippen LogP contribution in [0, 0.1) is 0 Å². The standard InChI is InChI=1S/C14H14O8/c1-8(15)9-2-4-10(5-3-9)22-12(18)7-14(21,13(19)20)6-11(16)17/h2-5,21H,6-7H2,1H3,(H,16,17)(H,19,20). The predicted octanol–water partition coefficient (Wildman–Crippen LogP) is 0.475. The summed E-state index contributed by atoms with van der Waals surface area (Å²) in [6.07, 6.45) is -2.16. The molecule has 1 atom stereocenters. The number of carbonyl (C=O) groups is 4. The number of Topliss-reactive ketones (excluding diaryl/α,β-unsaturated/α-hetero) is 1. The van der Waals surface area contributed by atoms with Crippen LogP contribution in [0.15, 0.2) is 24.3 Å². The highest BCUT2D eigenvalue weighted by molar-refractivity contribution is 5.94. The van der Waals surface area contributed by atoms with E-state index < -0.39 is 36.4 Å². The van der Waals surface area contributed by atoms with Gasteiger partial charge in [-0.15, -0.1) is 0 Å². The maximum Gasteiger partial charge on any atom is 0.336 e. The zero-order valence-electron chi connectivity index (χ0n) is 11.6. The van der Waals surface area contributed by atoms with Crippen LogP contribution in [-0.2, 0) is 14.4 Å². The summed E-state index contributed by atoms with van der Waals surface area (Å²) < 4.78 is 4.81. The Morgan fingerprint density at radius 1 is 1.05 bits per heavy atom. The molecule has 0 aliphatic rings. The van der Waals surface area contributed by atoms with Crippen molar-refractivity contribution in [1.29, 1.82) is 0 Å². The zero-order chi connectivity index (χ0) is 16.9. The van der Waals surface area contributed by atoms with Gasteiger partial charge in [0.1, 0.15) is 5.75 Å². The minimum atomic E-state index is -2.75. The number of ether oxygens (including phenoxy) is 1. The number of carboxylic acids is 2. The van der Waals surface area contributed by atoms with E-state index in [1.807, 2.05) is 0 Å². The second kappa shape index (κ2) is 6.81. The van der Waals surface area contributed by atoms with Crippen molar-refractivity contribution in [2.45, 2.75) is 25.4 Å². The SMILES string of the molecule is CC(=O)c1ccc(OC(=O)CC(O)(CC(=O)O)C(=O)O)cc1. The van der Waals surface area contributed by atoms with Crippen LogP contribution in [0.3, 0.4) is 0 Å². The van der Waals surface area contributed by atoms with Gasteiger partial charge >= 0.3 is 17.9 Å². The molecule has 8 nitrogen and oxygen atoms in total. The molecule has 0 bridgehead atoms. The average Bonchev–Trinajstić information content (AvgIpc) is 2.37. The first-order valence-electron chi connectivity index (χ1n) is 6.13. The molecule has 0 aliphatic heterocycles. The number of benzene rings is 1. The lowest BCUT2D eigenvalue weighted by molar-refractivity contribution is -0.169. The van der Waals surface area contributed by atoms with E-state index in [1.54, 1.807) is 0 Å². The number of hydrogen-bond donors (Lipinski definition) is 3. The van der Waals surface area contributed by atoms with Gasteiger partial charge in [-0.3, -0.25) is 14.4 Å². The van der Waals surface area contributed by atoms with Gasteiger partial charge in [-0.2, -0.15) is 0 Å². The van der Waals surface area contributed by atoms with Crippen LogP contribution in [-0.4, -0.2) is 44.6 Å². The van der Waals surface area contributed by atoms with Crippen molar-refractivity contribution in [2.24, 2.45) is 0 Å². The number of esters is 1. The molecule has 1 unspecified atom stereocenters. The van der Waals surface area contributed by atoms with Gasteiger partial charge in [-0.05, 0) is 31.2 Å². The van der Waals surface area contributed by atoms with E-state index in [0.717, 1.165) is 0 Å². The number of aliphatic hydroxyl groups is 1. The van der Waals surface area contributed by atoms with Gasteiger partial charge in [0.25, 0.3) is 0 Å². The number of rotatable bonds is 7. The highest BCUT2D eigenvalue weighted by Crippen LogP contribution is 2.19. The third-order valence-electron chi connectivity index (χ3n) is 2.77. The first kappa shape index (κ1) is 17.3. The fourth-order valence-corrected chi connectivity index (χ4v) is 1.63. The van der Waals surface area contributed by atoms with Gasteiger partial charge in [0.05, 0.1) is 12.8 Å². The quantitative estimate of drug-likeness (QED) is 0.375. The summed E-state index contributed by atoms with van der Waals surface area (Å²) in [5.41, 5.74) is -2.35. The molecule has 0 fully saturated rings. The van der Waals surface area contributed by atoms with Crippen molar-refractivity contribution in [3.63, 3.8) is 0 Å². The lowest BCUT2D eigenvalue weighted by atomic mass is 9.96. The minimum absolute atomic E-state index is 0.0399. The molecule has 0 saturated carbocycles. The summed E-state index contributed by atoms with van der Waals surface area (Å²) in [5.74, 6) is -4.65. The number of carboxylic acid groups (broad SMARTS) is 2. The van der Waals surface area contributed by atoms with Crippen molar-refractivity contribution in [1.82, 2.24) is 0 Å². The summed E-state index contributed by atoms with van der Waals surface area (Å²) in [6.45, 7) is 1.36. The normalized spacial score (nSPS) is 13.0. The van der Waals surface area contributed by atoms with Crippen LogP contribution < -0.4 is 4.74 Å². The Morgan fingerprint density at radius 3 is 2.00 bits per heavy atom. The molecule has 3 N–H and O–H groups in total. The molecule has 0 aromatic heterocycles. The molecular formula is C14H14O8. The minimum Gasteiger partial charge on any atom is -0.481 e. The molecule has 0 spiro atoms. The lowest BCUT2D eigenvalue weighted by Gasteiger charge is -2.20. The third-order valence-corrected chi connectivity index (χ3v) is 2.77. The number of aliphatic carboxylic acids is 2. The van der Waals surface area contributed by atoms with E-state index in [2.05, 4.69) is 0 Å². The van der Waals surface area contributed by atoms with Crippen LogP contribution >= 0.6 is 0 Å². The Kier molecular flexibility index (Phi) is 5.36. The molecule has 118 valence electrons. The fourth-order valence-electron chi connectivity index (χ4n) is 1.63. The number of hydrogen-bond acceptors (Lipinski definition) is 6. The summed E-state index contributed by atoms with van der Waals surface area (Å²) in [6, 6.07) is 5.47. The highest BCUT2D eigenvalue weighted by Gasteiger charge is 2.41. The summed E-state index contributed by atoms with van der Waals surface area (Å²) >= 11 is 0. The van der Waals surface area contributed by atoms with Crippen LogP contribution in [0.4, 0.5) is 0 Å². The van der Waals surface area contributed by atoms with Crippen LogP contribution in [0.2, 0.25) is 0 Å². The van der Waals surface area contributed by atoms with Gasteiger partial charge in [0, 0.05) is 5.56 Å². The second-order valence-corrected chi connectivity index (χ2v) is 4.64. The monoisotopic (exact) mass is 310 g/mol. The Bertz CT molecular complexity index is 604. The molecule has 1 rings (SSSR count). The molecule has 0 heterocycles. The number of ketones is 1. The van der Waals surface area contributed by atoms with E-state index in [9.17, 15) is 24.3 Å². The van der Waals surface area contributed by atoms with Gasteiger partial charge in [0.2, 0.25) is 0 Å². The molecule has 1 aromatic carbocycles. The molecule has 0 radical (unpaired) electrons. The predicted molar refractivity (Wildman–Crippen MR) is 71.5 cm³/mol. The van der Waals surface area contributed by atoms with E-state index in [1.165, 1.54) is 31.2 Å². The van der Waals surface area contributed by atoms with Crippen molar-refractivity contribution in [3.05, 3.63) is 29.8 Å². The number of carbonyl (C=O) groups excluding carboxylic acids is 2. The van der Waals surface area contributed by atoms with Crippen LogP contribution in [0.1, 0.15) is 30.1 Å². The molecule has 0 saturated heterocycles. The average molecular weight is 310 g/mol. The smallest absolute Gasteiger partial charge is 0.336 e. The van der Waals surface area contributed by atoms with Crippen molar-refractivity contribution in [3.8, 4) is 5.75 Å². The van der Waals surface area contributed by atoms with Crippen molar-refractivity contribution < 1.29 is 39.2 Å². The Balaban J connectivity index is 2.77. The molecular weight excluding hydrogens is 296 g/mol. The Labute approximate surface area is 124 Å². The first-order valence-corrected chi connectivity index (χ1v) is 6.13. The molecule has 22 heavy (non-hydrogen) atoms. The fraction of sp³-hybridized carbons (Fsp3) is 0.286. The maximum absolute atomic E-state index is 11.6. The van der Waals surface area contributed by atoms with E-state index in [4.69, 9.17) is 14.9 Å². The van der Waals surface area contributed by atoms with E-state index in [0.29, 0.717) is 5.56 Å². The first-order chi connectivity index (χ1) is 10.1. The van der Waals surface area contributed by atoms with Crippen molar-refractivity contribution in [2.75, 3.05) is 0 Å². The second-order valence-electron chi connectivity index (χ2n) is 4.64. The molecule has 0 aliphatic carbocycles. The van der Waals surface area contributed by atoms with Gasteiger partial charge in [-0.25, -0.2) is 4.79 Å². The third kappa shape index (κ3) is 4.67. The largest absolute Gasteiger partial charge is 0.481 e. The van der Waals surface area contributed by atoms with Gasteiger partial charge < -0.3 is 20.1 Å². The summed E-state index contributed by atoms with van der Waals surface area (Å²) in [4.78, 5) is 44.2. The van der Waals surface area contributed by atoms with Crippen molar-refractivity contribution >= 4 is 23.7 Å². The Morgan fingerprint density at radius 2 is 1.59 bits per heavy atom. The Hall–Kier alpha value is -2.74. The summed E-state index contributed by atoms with van der Waals surface area (Å²) in [5, 5.41) is 27.1. The molecule has 1 aromatic rings. The van der Waals surface area contributed by atoms with Gasteiger partial charge in [-0.1, -0.05) is 0 Å². The van der Waals surface area contributed by atoms with Gasteiger partial charge in [0.15, 0.2) is 11.4 Å². The lowest BCUT2D eigenvalue weighted by Crippen LogP contribution is -2.43. The topological polar surface area (TPSA) is 138 Å². The van der Waals surface area contributed by atoms with Crippen LogP contribution in [0.25, 0.3) is 0 Å². The maximum atomic E-state index is 11.6.